The van der Waals surface area contributed by atoms with Crippen LogP contribution in [0.15, 0.2) is 79.1 Å². The molecule has 1 amide bonds. The molecule has 0 aliphatic heterocycles. The van der Waals surface area contributed by atoms with Crippen molar-refractivity contribution in [3.63, 3.8) is 0 Å². The van der Waals surface area contributed by atoms with E-state index in [1.165, 1.54) is 0 Å². The van der Waals surface area contributed by atoms with Gasteiger partial charge in [0.25, 0.3) is 5.91 Å². The first-order valence-electron chi connectivity index (χ1n) is 7.54. The SMILES string of the molecule is CN(Cc1cccnc1)C(=O)c1cccc(-c2ccccc2)c1. The van der Waals surface area contributed by atoms with E-state index in [2.05, 4.69) is 4.98 Å². The Balaban J connectivity index is 1.80. The Hall–Kier alpha value is -2.94. The fourth-order valence-corrected chi connectivity index (χ4v) is 2.52. The van der Waals surface area contributed by atoms with Crippen molar-refractivity contribution < 1.29 is 4.79 Å². The number of pyridine rings is 1. The smallest absolute Gasteiger partial charge is 0.253 e. The zero-order chi connectivity index (χ0) is 16.1. The van der Waals surface area contributed by atoms with Gasteiger partial charge >= 0.3 is 0 Å². The molecule has 0 unspecified atom stereocenters. The first kappa shape index (κ1) is 15.0. The average molecular weight is 302 g/mol. The van der Waals surface area contributed by atoms with Crippen LogP contribution in [0.4, 0.5) is 0 Å². The molecule has 0 radical (unpaired) electrons. The summed E-state index contributed by atoms with van der Waals surface area (Å²) in [5.41, 5.74) is 3.86. The summed E-state index contributed by atoms with van der Waals surface area (Å²) in [6.45, 7) is 0.544. The third kappa shape index (κ3) is 3.64. The number of nitrogens with zero attached hydrogens (tertiary/aromatic N) is 2. The lowest BCUT2D eigenvalue weighted by Crippen LogP contribution is -2.26. The number of hydrogen-bond donors (Lipinski definition) is 0. The van der Waals surface area contributed by atoms with Gasteiger partial charge in [-0.05, 0) is 34.9 Å². The first-order chi connectivity index (χ1) is 11.2. The standard InChI is InChI=1S/C20H18N2O/c1-22(15-16-7-6-12-21-14-16)20(23)19-11-5-10-18(13-19)17-8-3-2-4-9-17/h2-14H,15H2,1H3. The monoisotopic (exact) mass is 302 g/mol. The number of aromatic nitrogens is 1. The molecule has 0 saturated heterocycles. The van der Waals surface area contributed by atoms with Gasteiger partial charge < -0.3 is 4.90 Å². The molecule has 2 aromatic carbocycles. The van der Waals surface area contributed by atoms with Crippen molar-refractivity contribution in [1.29, 1.82) is 0 Å². The fourth-order valence-electron chi connectivity index (χ4n) is 2.52. The van der Waals surface area contributed by atoms with E-state index in [0.717, 1.165) is 16.7 Å². The van der Waals surface area contributed by atoms with Crippen molar-refractivity contribution in [2.24, 2.45) is 0 Å². The summed E-state index contributed by atoms with van der Waals surface area (Å²) in [5, 5.41) is 0. The number of carbonyl (C=O) groups is 1. The quantitative estimate of drug-likeness (QED) is 0.729. The maximum absolute atomic E-state index is 12.6. The second-order valence-electron chi connectivity index (χ2n) is 5.47. The summed E-state index contributed by atoms with van der Waals surface area (Å²) < 4.78 is 0. The number of amides is 1. The normalized spacial score (nSPS) is 10.3. The van der Waals surface area contributed by atoms with Crippen molar-refractivity contribution in [2.75, 3.05) is 7.05 Å². The van der Waals surface area contributed by atoms with Gasteiger partial charge in [0.15, 0.2) is 0 Å². The van der Waals surface area contributed by atoms with Crippen LogP contribution in [0.25, 0.3) is 11.1 Å². The molecule has 0 aliphatic rings. The van der Waals surface area contributed by atoms with Gasteiger partial charge in [0.2, 0.25) is 0 Å². The highest BCUT2D eigenvalue weighted by Gasteiger charge is 2.12. The summed E-state index contributed by atoms with van der Waals surface area (Å²) in [6, 6.07) is 21.7. The molecular formula is C20H18N2O. The third-order valence-electron chi connectivity index (χ3n) is 3.71. The highest BCUT2D eigenvalue weighted by Crippen LogP contribution is 2.20. The Bertz CT molecular complexity index is 785. The predicted molar refractivity (Wildman–Crippen MR) is 91.9 cm³/mol. The lowest BCUT2D eigenvalue weighted by atomic mass is 10.0. The van der Waals surface area contributed by atoms with Gasteiger partial charge in [0.1, 0.15) is 0 Å². The van der Waals surface area contributed by atoms with E-state index in [4.69, 9.17) is 0 Å². The molecule has 0 fully saturated rings. The second kappa shape index (κ2) is 6.88. The number of carbonyl (C=O) groups excluding carboxylic acids is 1. The summed E-state index contributed by atoms with van der Waals surface area (Å²) in [6.07, 6.45) is 3.51. The van der Waals surface area contributed by atoms with Crippen LogP contribution in [0, 0.1) is 0 Å². The zero-order valence-corrected chi connectivity index (χ0v) is 13.0. The molecule has 1 aromatic heterocycles. The molecule has 3 aromatic rings. The molecule has 1 heterocycles. The highest BCUT2D eigenvalue weighted by molar-refractivity contribution is 5.95. The van der Waals surface area contributed by atoms with Crippen molar-refractivity contribution in [2.45, 2.75) is 6.54 Å². The van der Waals surface area contributed by atoms with Crippen molar-refractivity contribution in [1.82, 2.24) is 9.88 Å². The van der Waals surface area contributed by atoms with E-state index in [-0.39, 0.29) is 5.91 Å². The Morgan fingerprint density at radius 1 is 0.957 bits per heavy atom. The largest absolute Gasteiger partial charge is 0.337 e. The van der Waals surface area contributed by atoms with Crippen LogP contribution in [0.3, 0.4) is 0 Å². The van der Waals surface area contributed by atoms with E-state index in [1.54, 1.807) is 17.3 Å². The van der Waals surface area contributed by atoms with Gasteiger partial charge in [-0.1, -0.05) is 48.5 Å². The Morgan fingerprint density at radius 3 is 2.48 bits per heavy atom. The van der Waals surface area contributed by atoms with Crippen molar-refractivity contribution in [3.8, 4) is 11.1 Å². The Labute approximate surface area is 136 Å². The van der Waals surface area contributed by atoms with Crippen molar-refractivity contribution in [3.05, 3.63) is 90.3 Å². The molecule has 0 bridgehead atoms. The van der Waals surface area contributed by atoms with Crippen LogP contribution in [0.5, 0.6) is 0 Å². The van der Waals surface area contributed by atoms with E-state index < -0.39 is 0 Å². The number of rotatable bonds is 4. The molecule has 0 atom stereocenters. The molecule has 3 nitrogen and oxygen atoms in total. The summed E-state index contributed by atoms with van der Waals surface area (Å²) in [7, 11) is 1.81. The maximum Gasteiger partial charge on any atom is 0.253 e. The lowest BCUT2D eigenvalue weighted by molar-refractivity contribution is 0.0785. The van der Waals surface area contributed by atoms with Crippen LogP contribution < -0.4 is 0 Å². The van der Waals surface area contributed by atoms with E-state index in [9.17, 15) is 4.79 Å². The molecule has 0 N–H and O–H groups in total. The third-order valence-corrected chi connectivity index (χ3v) is 3.71. The van der Waals surface area contributed by atoms with E-state index in [1.807, 2.05) is 73.8 Å². The summed E-state index contributed by atoms with van der Waals surface area (Å²) >= 11 is 0. The predicted octanol–water partition coefficient (Wildman–Crippen LogP) is 4.02. The maximum atomic E-state index is 12.6. The average Bonchev–Trinajstić information content (AvgIpc) is 2.63. The van der Waals surface area contributed by atoms with Crippen LogP contribution in [-0.2, 0) is 6.54 Å². The van der Waals surface area contributed by atoms with Crippen LogP contribution in [-0.4, -0.2) is 22.8 Å². The Kier molecular flexibility index (Phi) is 4.48. The topological polar surface area (TPSA) is 33.2 Å². The number of benzene rings is 2. The lowest BCUT2D eigenvalue weighted by Gasteiger charge is -2.17. The van der Waals surface area contributed by atoms with Gasteiger partial charge in [-0.15, -0.1) is 0 Å². The molecular weight excluding hydrogens is 284 g/mol. The second-order valence-corrected chi connectivity index (χ2v) is 5.47. The molecule has 23 heavy (non-hydrogen) atoms. The highest BCUT2D eigenvalue weighted by atomic mass is 16.2. The summed E-state index contributed by atoms with van der Waals surface area (Å²) in [4.78, 5) is 18.4. The van der Waals surface area contributed by atoms with E-state index >= 15 is 0 Å². The zero-order valence-electron chi connectivity index (χ0n) is 13.0. The van der Waals surface area contributed by atoms with Crippen LogP contribution in [0.1, 0.15) is 15.9 Å². The fraction of sp³-hybridized carbons (Fsp3) is 0.100. The van der Waals surface area contributed by atoms with E-state index in [0.29, 0.717) is 12.1 Å². The molecule has 3 rings (SSSR count). The molecule has 0 aliphatic carbocycles. The summed E-state index contributed by atoms with van der Waals surface area (Å²) in [5.74, 6) is 0.00614. The molecule has 0 saturated carbocycles. The van der Waals surface area contributed by atoms with Crippen LogP contribution in [0.2, 0.25) is 0 Å². The number of hydrogen-bond acceptors (Lipinski definition) is 2. The van der Waals surface area contributed by atoms with Gasteiger partial charge in [-0.25, -0.2) is 0 Å². The molecule has 0 spiro atoms. The van der Waals surface area contributed by atoms with Gasteiger partial charge in [0, 0.05) is 31.5 Å². The van der Waals surface area contributed by atoms with Crippen molar-refractivity contribution >= 4 is 5.91 Å². The first-order valence-corrected chi connectivity index (χ1v) is 7.54. The minimum atomic E-state index is 0.00614. The van der Waals surface area contributed by atoms with Gasteiger partial charge in [0.05, 0.1) is 0 Å². The van der Waals surface area contributed by atoms with Gasteiger partial charge in [-0.3, -0.25) is 9.78 Å². The van der Waals surface area contributed by atoms with Gasteiger partial charge in [-0.2, -0.15) is 0 Å². The molecule has 3 heteroatoms. The minimum absolute atomic E-state index is 0.00614. The molecule has 114 valence electrons. The van der Waals surface area contributed by atoms with Crippen LogP contribution >= 0.6 is 0 Å². The minimum Gasteiger partial charge on any atom is -0.337 e. The Morgan fingerprint density at radius 2 is 1.74 bits per heavy atom.